The van der Waals surface area contributed by atoms with Crippen LogP contribution < -0.4 is 28.7 Å². The summed E-state index contributed by atoms with van der Waals surface area (Å²) in [7, 11) is 3.76. The summed E-state index contributed by atoms with van der Waals surface area (Å²) in [5.41, 5.74) is 1.64. The molecule has 1 unspecified atom stereocenters. The number of esters is 1. The van der Waals surface area contributed by atoms with Gasteiger partial charge in [0.1, 0.15) is 24.0 Å². The molecule has 0 heterocycles. The molecule has 0 aliphatic carbocycles. The molecule has 0 bridgehead atoms. The first-order chi connectivity index (χ1) is 12.1. The number of carbonyl (C=O) groups is 1. The highest BCUT2D eigenvalue weighted by molar-refractivity contribution is 5.92. The average Bonchev–Trinajstić information content (AvgIpc) is 2.68. The average molecular weight is 469 g/mol. The van der Waals surface area contributed by atoms with Crippen LogP contribution in [0.4, 0.5) is 0 Å². The second kappa shape index (κ2) is 10.5. The third-order valence-electron chi connectivity index (χ3n) is 5.08. The Balaban J connectivity index is 0.00000338. The summed E-state index contributed by atoms with van der Waals surface area (Å²) in [6.45, 7) is 6.59. The number of ether oxygens (including phenoxy) is 2. The Morgan fingerprint density at radius 2 is 1.58 bits per heavy atom. The van der Waals surface area contributed by atoms with Gasteiger partial charge in [0, 0.05) is 5.56 Å². The van der Waals surface area contributed by atoms with Crippen molar-refractivity contribution in [1.82, 2.24) is 0 Å². The number of para-hydroxylation sites is 1. The zero-order chi connectivity index (χ0) is 18.3. The topological polar surface area (TPSA) is 35.5 Å². The predicted molar refractivity (Wildman–Crippen MR) is 99.7 cm³/mol. The zero-order valence-electron chi connectivity index (χ0n) is 15.9. The van der Waals surface area contributed by atoms with Gasteiger partial charge in [-0.05, 0) is 26.0 Å². The lowest BCUT2D eigenvalue weighted by Crippen LogP contribution is -3.00. The Bertz CT molecular complexity index is 687. The quantitative estimate of drug-likeness (QED) is 0.330. The summed E-state index contributed by atoms with van der Waals surface area (Å²) in [5, 5.41) is 0. The number of benzene rings is 2. The molecule has 0 saturated heterocycles. The third-order valence-corrected chi connectivity index (χ3v) is 5.08. The molecule has 0 aliphatic rings. The van der Waals surface area contributed by atoms with Crippen molar-refractivity contribution < 1.29 is 42.7 Å². The number of nitrogens with zero attached hydrogens (tertiary/aromatic N) is 1. The van der Waals surface area contributed by atoms with Crippen LogP contribution in [0, 0.1) is 0 Å². The summed E-state index contributed by atoms with van der Waals surface area (Å²) >= 11 is 0. The van der Waals surface area contributed by atoms with Gasteiger partial charge in [0.2, 0.25) is 0 Å². The molecule has 1 atom stereocenters. The lowest BCUT2D eigenvalue weighted by molar-refractivity contribution is -0.936. The van der Waals surface area contributed by atoms with Crippen LogP contribution in [0.3, 0.4) is 0 Å². The van der Waals surface area contributed by atoms with Gasteiger partial charge < -0.3 is 37.9 Å². The summed E-state index contributed by atoms with van der Waals surface area (Å²) in [4.78, 5) is 12.6. The molecule has 4 nitrogen and oxygen atoms in total. The summed E-state index contributed by atoms with van der Waals surface area (Å²) in [6, 6.07) is 17.5. The van der Waals surface area contributed by atoms with Gasteiger partial charge in [-0.2, -0.15) is 0 Å². The molecule has 0 amide bonds. The van der Waals surface area contributed by atoms with Crippen molar-refractivity contribution in [1.29, 1.82) is 0 Å². The summed E-state index contributed by atoms with van der Waals surface area (Å²) in [6.07, 6.45) is 0. The zero-order valence-corrected chi connectivity index (χ0v) is 18.1. The minimum atomic E-state index is -0.350. The highest BCUT2D eigenvalue weighted by Gasteiger charge is 2.32. The number of carbonyl (C=O) groups excluding carboxylic acids is 1. The largest absolute Gasteiger partial charge is 1.00 e. The van der Waals surface area contributed by atoms with Crippen molar-refractivity contribution in [3.63, 3.8) is 0 Å². The maximum Gasteiger partial charge on any atom is 0.342 e. The summed E-state index contributed by atoms with van der Waals surface area (Å²) in [5.74, 6) is 0.184. The number of hydrogen-bond acceptors (Lipinski definition) is 3. The lowest BCUT2D eigenvalue weighted by atomic mass is 10.0. The standard InChI is InChI=1S/C21H28NO3.HI/c1-5-22(3,6-2)19(17-12-8-7-9-13-17)16-25-21(23)18-14-10-11-15-20(18)24-4;/h7-15,19H,5-6,16H2,1-4H3;1H/q+1;/p-1. The van der Waals surface area contributed by atoms with Crippen LogP contribution in [0.5, 0.6) is 5.75 Å². The van der Waals surface area contributed by atoms with Crippen LogP contribution in [0.2, 0.25) is 0 Å². The van der Waals surface area contributed by atoms with Gasteiger partial charge in [0.05, 0.1) is 27.2 Å². The van der Waals surface area contributed by atoms with Crippen molar-refractivity contribution in [2.45, 2.75) is 19.9 Å². The van der Waals surface area contributed by atoms with Crippen molar-refractivity contribution in [2.75, 3.05) is 33.9 Å². The molecule has 0 radical (unpaired) electrons. The smallest absolute Gasteiger partial charge is 0.342 e. The molecule has 26 heavy (non-hydrogen) atoms. The molecule has 2 aromatic carbocycles. The molecular formula is C21H28INO3. The van der Waals surface area contributed by atoms with E-state index in [0.29, 0.717) is 17.9 Å². The third kappa shape index (κ3) is 5.20. The van der Waals surface area contributed by atoms with Crippen LogP contribution in [-0.4, -0.2) is 44.3 Å². The van der Waals surface area contributed by atoms with Crippen molar-refractivity contribution >= 4 is 5.97 Å². The number of likely N-dealkylation sites (N-methyl/N-ethyl adjacent to an activating group) is 1. The van der Waals surface area contributed by atoms with Gasteiger partial charge in [0.25, 0.3) is 0 Å². The van der Waals surface area contributed by atoms with Crippen LogP contribution in [0.1, 0.15) is 35.8 Å². The molecule has 0 fully saturated rings. The van der Waals surface area contributed by atoms with Crippen LogP contribution in [0.25, 0.3) is 0 Å². The Hall–Kier alpha value is -1.60. The molecular weight excluding hydrogens is 441 g/mol. The van der Waals surface area contributed by atoms with E-state index in [9.17, 15) is 4.79 Å². The highest BCUT2D eigenvalue weighted by Crippen LogP contribution is 2.28. The fraction of sp³-hybridized carbons (Fsp3) is 0.381. The van der Waals surface area contributed by atoms with E-state index in [1.54, 1.807) is 19.2 Å². The van der Waals surface area contributed by atoms with Crippen molar-refractivity contribution in [2.24, 2.45) is 0 Å². The van der Waals surface area contributed by atoms with E-state index in [1.807, 2.05) is 30.3 Å². The molecule has 0 aromatic heterocycles. The van der Waals surface area contributed by atoms with Gasteiger partial charge in [-0.3, -0.25) is 0 Å². The molecule has 142 valence electrons. The Morgan fingerprint density at radius 1 is 1.00 bits per heavy atom. The van der Waals surface area contributed by atoms with Gasteiger partial charge in [0.15, 0.2) is 0 Å². The minimum absolute atomic E-state index is 0. The molecule has 2 rings (SSSR count). The van der Waals surface area contributed by atoms with Crippen LogP contribution in [0.15, 0.2) is 54.6 Å². The SMILES string of the molecule is CC[N+](C)(CC)C(COC(=O)c1ccccc1OC)c1ccccc1.[I-]. The maximum absolute atomic E-state index is 12.6. The Kier molecular flexibility index (Phi) is 9.08. The van der Waals surface area contributed by atoms with E-state index in [2.05, 4.69) is 33.0 Å². The Morgan fingerprint density at radius 3 is 2.15 bits per heavy atom. The van der Waals surface area contributed by atoms with E-state index < -0.39 is 0 Å². The molecule has 0 spiro atoms. The van der Waals surface area contributed by atoms with Crippen LogP contribution in [-0.2, 0) is 4.74 Å². The van der Waals surface area contributed by atoms with Crippen LogP contribution >= 0.6 is 0 Å². The van der Waals surface area contributed by atoms with Gasteiger partial charge in [-0.15, -0.1) is 0 Å². The normalized spacial score (nSPS) is 12.0. The van der Waals surface area contributed by atoms with Gasteiger partial charge >= 0.3 is 5.97 Å². The maximum atomic E-state index is 12.6. The minimum Gasteiger partial charge on any atom is -1.00 e. The first-order valence-corrected chi connectivity index (χ1v) is 8.75. The monoisotopic (exact) mass is 469 g/mol. The van der Waals surface area contributed by atoms with E-state index in [1.165, 1.54) is 5.56 Å². The molecule has 5 heteroatoms. The first-order valence-electron chi connectivity index (χ1n) is 8.75. The summed E-state index contributed by atoms with van der Waals surface area (Å²) < 4.78 is 11.8. The van der Waals surface area contributed by atoms with Gasteiger partial charge in [-0.1, -0.05) is 42.5 Å². The Labute approximate surface area is 173 Å². The molecule has 2 aromatic rings. The van der Waals surface area contributed by atoms with E-state index >= 15 is 0 Å². The van der Waals surface area contributed by atoms with E-state index in [0.717, 1.165) is 17.6 Å². The fourth-order valence-electron chi connectivity index (χ4n) is 3.02. The van der Waals surface area contributed by atoms with E-state index in [-0.39, 0.29) is 36.0 Å². The number of hydrogen-bond donors (Lipinski definition) is 0. The number of rotatable bonds is 8. The number of halogens is 1. The number of methoxy groups -OCH3 is 1. The van der Waals surface area contributed by atoms with E-state index in [4.69, 9.17) is 9.47 Å². The predicted octanol–water partition coefficient (Wildman–Crippen LogP) is 1.08. The fourth-order valence-corrected chi connectivity index (χ4v) is 3.02. The molecule has 0 saturated carbocycles. The van der Waals surface area contributed by atoms with Gasteiger partial charge in [-0.25, -0.2) is 4.79 Å². The molecule has 0 N–H and O–H groups in total. The van der Waals surface area contributed by atoms with Crippen molar-refractivity contribution in [3.05, 3.63) is 65.7 Å². The second-order valence-corrected chi connectivity index (χ2v) is 6.34. The first kappa shape index (κ1) is 22.4. The number of quaternary nitrogens is 1. The van der Waals surface area contributed by atoms with Crippen molar-refractivity contribution in [3.8, 4) is 5.75 Å². The highest BCUT2D eigenvalue weighted by atomic mass is 127. The molecule has 0 aliphatic heterocycles. The second-order valence-electron chi connectivity index (χ2n) is 6.34. The lowest BCUT2D eigenvalue weighted by Gasteiger charge is -2.40.